The number of benzene rings is 2. The monoisotopic (exact) mass is 435 g/mol. The third-order valence-corrected chi connectivity index (χ3v) is 4.71. The van der Waals surface area contributed by atoms with E-state index < -0.39 is 29.7 Å². The predicted molar refractivity (Wildman–Crippen MR) is 107 cm³/mol. The number of alkyl halides is 3. The lowest BCUT2D eigenvalue weighted by molar-refractivity contribution is -0.137. The fourth-order valence-corrected chi connectivity index (χ4v) is 3.26. The summed E-state index contributed by atoms with van der Waals surface area (Å²) in [5.41, 5.74) is -0.109. The van der Waals surface area contributed by atoms with Crippen molar-refractivity contribution in [3.63, 3.8) is 0 Å². The van der Waals surface area contributed by atoms with E-state index in [1.165, 1.54) is 33.3 Å². The van der Waals surface area contributed by atoms with Crippen LogP contribution in [-0.2, 0) is 11.0 Å². The van der Waals surface area contributed by atoms with Gasteiger partial charge in [-0.25, -0.2) is 4.79 Å². The Morgan fingerprint density at radius 1 is 1.10 bits per heavy atom. The SMILES string of the molecule is COc1ccc(OC)c([C@@H]2NC(=O)NC(C)=C2C(=O)Nc2cccc(C(F)(F)F)c2)c1. The third kappa shape index (κ3) is 4.73. The first-order valence-corrected chi connectivity index (χ1v) is 9.13. The van der Waals surface area contributed by atoms with Gasteiger partial charge in [0.2, 0.25) is 0 Å². The molecule has 0 saturated heterocycles. The number of hydrogen-bond acceptors (Lipinski definition) is 4. The van der Waals surface area contributed by atoms with Gasteiger partial charge in [-0.3, -0.25) is 4.79 Å². The van der Waals surface area contributed by atoms with Gasteiger partial charge in [0.25, 0.3) is 5.91 Å². The van der Waals surface area contributed by atoms with Gasteiger partial charge in [-0.2, -0.15) is 13.2 Å². The van der Waals surface area contributed by atoms with E-state index >= 15 is 0 Å². The van der Waals surface area contributed by atoms with E-state index in [1.807, 2.05) is 0 Å². The van der Waals surface area contributed by atoms with E-state index in [2.05, 4.69) is 16.0 Å². The molecule has 1 aliphatic rings. The van der Waals surface area contributed by atoms with Gasteiger partial charge in [0.1, 0.15) is 11.5 Å². The first-order valence-electron chi connectivity index (χ1n) is 9.13. The zero-order valence-electron chi connectivity index (χ0n) is 16.9. The molecule has 2 aromatic rings. The molecule has 10 heteroatoms. The van der Waals surface area contributed by atoms with Crippen LogP contribution >= 0.6 is 0 Å². The molecular weight excluding hydrogens is 415 g/mol. The van der Waals surface area contributed by atoms with E-state index in [1.54, 1.807) is 18.2 Å². The fourth-order valence-electron chi connectivity index (χ4n) is 3.26. The largest absolute Gasteiger partial charge is 0.497 e. The van der Waals surface area contributed by atoms with Crippen molar-refractivity contribution in [1.29, 1.82) is 0 Å². The summed E-state index contributed by atoms with van der Waals surface area (Å²) in [6.07, 6.45) is -4.55. The van der Waals surface area contributed by atoms with Crippen LogP contribution in [0.15, 0.2) is 53.7 Å². The number of rotatable bonds is 5. The lowest BCUT2D eigenvalue weighted by atomic mass is 9.93. The maximum absolute atomic E-state index is 13.1. The molecule has 0 fully saturated rings. The van der Waals surface area contributed by atoms with Crippen molar-refractivity contribution >= 4 is 17.6 Å². The molecule has 0 aliphatic carbocycles. The number of anilines is 1. The van der Waals surface area contributed by atoms with Crippen LogP contribution in [-0.4, -0.2) is 26.2 Å². The highest BCUT2D eigenvalue weighted by atomic mass is 19.4. The number of carbonyl (C=O) groups is 2. The summed E-state index contributed by atoms with van der Waals surface area (Å²) in [4.78, 5) is 25.2. The van der Waals surface area contributed by atoms with Crippen molar-refractivity contribution in [2.45, 2.75) is 19.1 Å². The van der Waals surface area contributed by atoms with Crippen molar-refractivity contribution in [3.8, 4) is 11.5 Å². The van der Waals surface area contributed by atoms with E-state index in [9.17, 15) is 22.8 Å². The number of halogens is 3. The highest BCUT2D eigenvalue weighted by molar-refractivity contribution is 6.07. The van der Waals surface area contributed by atoms with E-state index in [4.69, 9.17) is 9.47 Å². The zero-order chi connectivity index (χ0) is 22.8. The predicted octanol–water partition coefficient (Wildman–Crippen LogP) is 3.99. The number of ether oxygens (including phenoxy) is 2. The molecule has 1 aliphatic heterocycles. The Labute approximate surface area is 176 Å². The maximum Gasteiger partial charge on any atom is 0.416 e. The van der Waals surface area contributed by atoms with Gasteiger partial charge in [0.15, 0.2) is 0 Å². The number of urea groups is 1. The molecule has 3 amide bonds. The highest BCUT2D eigenvalue weighted by Gasteiger charge is 2.34. The second-order valence-corrected chi connectivity index (χ2v) is 6.71. The van der Waals surface area contributed by atoms with Crippen molar-refractivity contribution < 1.29 is 32.2 Å². The van der Waals surface area contributed by atoms with Crippen LogP contribution in [0.2, 0.25) is 0 Å². The molecule has 0 saturated carbocycles. The van der Waals surface area contributed by atoms with Crippen LogP contribution in [0.5, 0.6) is 11.5 Å². The smallest absolute Gasteiger partial charge is 0.416 e. The van der Waals surface area contributed by atoms with Crippen LogP contribution in [0, 0.1) is 0 Å². The number of methoxy groups -OCH3 is 2. The van der Waals surface area contributed by atoms with Gasteiger partial charge < -0.3 is 25.4 Å². The summed E-state index contributed by atoms with van der Waals surface area (Å²) in [5.74, 6) is 0.184. The Balaban J connectivity index is 2.00. The van der Waals surface area contributed by atoms with E-state index in [0.29, 0.717) is 17.1 Å². The molecule has 31 heavy (non-hydrogen) atoms. The van der Waals surface area contributed by atoms with Gasteiger partial charge in [0, 0.05) is 16.9 Å². The zero-order valence-corrected chi connectivity index (χ0v) is 16.9. The summed E-state index contributed by atoms with van der Waals surface area (Å²) in [6.45, 7) is 1.53. The average molecular weight is 435 g/mol. The molecule has 1 heterocycles. The molecule has 2 aromatic carbocycles. The molecular formula is C21H20F3N3O4. The Bertz CT molecular complexity index is 1050. The minimum atomic E-state index is -4.55. The van der Waals surface area contributed by atoms with Gasteiger partial charge in [0.05, 0.1) is 31.4 Å². The molecule has 3 rings (SSSR count). The van der Waals surface area contributed by atoms with Crippen molar-refractivity contribution in [2.24, 2.45) is 0 Å². The second-order valence-electron chi connectivity index (χ2n) is 6.71. The lowest BCUT2D eigenvalue weighted by Gasteiger charge is -2.29. The van der Waals surface area contributed by atoms with Crippen molar-refractivity contribution in [1.82, 2.24) is 10.6 Å². The van der Waals surface area contributed by atoms with Crippen LogP contribution in [0.3, 0.4) is 0 Å². The van der Waals surface area contributed by atoms with Gasteiger partial charge >= 0.3 is 12.2 Å². The number of allylic oxidation sites excluding steroid dienone is 1. The van der Waals surface area contributed by atoms with Crippen LogP contribution < -0.4 is 25.4 Å². The van der Waals surface area contributed by atoms with E-state index in [0.717, 1.165) is 12.1 Å². The molecule has 0 bridgehead atoms. The molecule has 0 aromatic heterocycles. The first-order chi connectivity index (χ1) is 14.6. The topological polar surface area (TPSA) is 88.7 Å². The molecule has 164 valence electrons. The summed E-state index contributed by atoms with van der Waals surface area (Å²) >= 11 is 0. The van der Waals surface area contributed by atoms with Crippen molar-refractivity contribution in [2.75, 3.05) is 19.5 Å². The average Bonchev–Trinajstić information content (AvgIpc) is 2.72. The van der Waals surface area contributed by atoms with Gasteiger partial charge in [-0.15, -0.1) is 0 Å². The standard InChI is InChI=1S/C21H20F3N3O4/c1-11-17(19(28)26-13-6-4-5-12(9-13)21(22,23)24)18(27-20(29)25-11)15-10-14(30-2)7-8-16(15)31-3/h4-10,18H,1-3H3,(H,26,28)(H2,25,27,29)/t18-/m0/s1. The molecule has 7 nitrogen and oxygen atoms in total. The first kappa shape index (κ1) is 22.0. The molecule has 0 radical (unpaired) electrons. The fraction of sp³-hybridized carbons (Fsp3) is 0.238. The molecule has 1 atom stereocenters. The minimum absolute atomic E-state index is 0.0339. The number of carbonyl (C=O) groups excluding carboxylic acids is 2. The van der Waals surface area contributed by atoms with E-state index in [-0.39, 0.29) is 17.0 Å². The molecule has 0 spiro atoms. The Hall–Kier alpha value is -3.69. The number of amides is 3. The Morgan fingerprint density at radius 3 is 2.48 bits per heavy atom. The van der Waals surface area contributed by atoms with Crippen LogP contribution in [0.25, 0.3) is 0 Å². The quantitative estimate of drug-likeness (QED) is 0.663. The molecule has 3 N–H and O–H groups in total. The second kappa shape index (κ2) is 8.58. The normalized spacial score (nSPS) is 16.3. The Morgan fingerprint density at radius 2 is 1.84 bits per heavy atom. The summed E-state index contributed by atoms with van der Waals surface area (Å²) in [5, 5.41) is 7.65. The highest BCUT2D eigenvalue weighted by Crippen LogP contribution is 2.36. The summed E-state index contributed by atoms with van der Waals surface area (Å²) in [6, 6.07) is 7.72. The maximum atomic E-state index is 13.1. The van der Waals surface area contributed by atoms with Crippen LogP contribution in [0.4, 0.5) is 23.7 Å². The van der Waals surface area contributed by atoms with Gasteiger partial charge in [-0.05, 0) is 43.3 Å². The lowest BCUT2D eigenvalue weighted by Crippen LogP contribution is -2.46. The van der Waals surface area contributed by atoms with Crippen molar-refractivity contribution in [3.05, 3.63) is 64.9 Å². The van der Waals surface area contributed by atoms with Crippen LogP contribution in [0.1, 0.15) is 24.1 Å². The summed E-state index contributed by atoms with van der Waals surface area (Å²) in [7, 11) is 2.90. The third-order valence-electron chi connectivity index (χ3n) is 4.71. The molecule has 0 unspecified atom stereocenters. The van der Waals surface area contributed by atoms with Gasteiger partial charge in [-0.1, -0.05) is 6.07 Å². The Kier molecular flexibility index (Phi) is 6.09. The summed E-state index contributed by atoms with van der Waals surface area (Å²) < 4.78 is 49.6. The number of nitrogens with one attached hydrogen (secondary N) is 3. The number of hydrogen-bond donors (Lipinski definition) is 3. The minimum Gasteiger partial charge on any atom is -0.497 e.